The molecule has 127 heavy (non-hydrogen) atoms. The smallest absolute Gasteiger partial charge is 0.241 e. The van der Waals surface area contributed by atoms with Crippen LogP contribution in [0.15, 0.2) is 72.3 Å². The van der Waals surface area contributed by atoms with Crippen LogP contribution in [0.2, 0.25) is 0 Å². The largest absolute Gasteiger partial charge is 0.394 e. The number of benzene rings is 2. The minimum Gasteiger partial charge on any atom is -0.394 e. The predicted molar refractivity (Wildman–Crippen MR) is 418 cm³/mol. The highest BCUT2D eigenvalue weighted by atomic mass is 16.8. The van der Waals surface area contributed by atoms with Gasteiger partial charge in [-0.15, -0.1) is 5.10 Å². The summed E-state index contributed by atoms with van der Waals surface area (Å²) < 4.78 is 92.2. The van der Waals surface area contributed by atoms with Crippen LogP contribution < -0.4 is 15.5 Å². The molecule has 12 bridgehead atoms. The maximum atomic E-state index is 15.0. The summed E-state index contributed by atoms with van der Waals surface area (Å²) in [4.78, 5) is 70.8. The first-order chi connectivity index (χ1) is 60.8. The van der Waals surface area contributed by atoms with E-state index in [1.165, 1.54) is 9.58 Å². The Morgan fingerprint density at radius 3 is 1.50 bits per heavy atom. The molecule has 4 aliphatic carbocycles. The van der Waals surface area contributed by atoms with Crippen molar-refractivity contribution in [3.63, 3.8) is 0 Å². The van der Waals surface area contributed by atoms with Gasteiger partial charge < -0.3 is 179 Å². The minimum absolute atomic E-state index is 0.0240. The number of ether oxygens (including phenoxy) is 15. The van der Waals surface area contributed by atoms with Gasteiger partial charge in [0, 0.05) is 40.7 Å². The number of fused-ring (bicyclic) bond motifs is 12. The van der Waals surface area contributed by atoms with Crippen LogP contribution in [0.3, 0.4) is 0 Å². The van der Waals surface area contributed by atoms with Gasteiger partial charge >= 0.3 is 0 Å². The number of para-hydroxylation sites is 1. The predicted octanol–water partition coefficient (Wildman–Crippen LogP) is -7.85. The van der Waals surface area contributed by atoms with Crippen LogP contribution in [0.1, 0.15) is 77.7 Å². The summed E-state index contributed by atoms with van der Waals surface area (Å²) in [5, 5.41) is 222. The molecule has 1 aromatic heterocycles. The number of carbonyl (C=O) groups excluding carboxylic acids is 5. The van der Waals surface area contributed by atoms with E-state index in [1.54, 1.807) is 60.7 Å². The Labute approximate surface area is 725 Å². The highest BCUT2D eigenvalue weighted by Gasteiger charge is 2.76. The number of amides is 3. The third-order valence-electron chi connectivity index (χ3n) is 27.8. The van der Waals surface area contributed by atoms with Crippen LogP contribution in [0, 0.1) is 28.6 Å². The molecule has 25 heterocycles. The number of hydrogen-bond donors (Lipinski definition) is 20. The topological polar surface area (TPSA) is 646 Å². The van der Waals surface area contributed by atoms with Gasteiger partial charge in [0.25, 0.3) is 0 Å². The van der Waals surface area contributed by atoms with Crippen molar-refractivity contribution in [2.45, 2.75) is 294 Å². The van der Waals surface area contributed by atoms with Crippen LogP contribution in [-0.2, 0) is 108 Å². The van der Waals surface area contributed by atoms with E-state index < -0.39 is 315 Å². The average Bonchev–Trinajstić information content (AvgIpc) is 1.51. The first kappa shape index (κ1) is 93.7. The number of hydrogen-bond acceptors (Lipinski definition) is 40. The van der Waals surface area contributed by atoms with Crippen molar-refractivity contribution in [3.8, 4) is 22.5 Å². The van der Waals surface area contributed by atoms with Crippen molar-refractivity contribution in [2.75, 3.05) is 57.8 Å². The number of anilines is 1. The summed E-state index contributed by atoms with van der Waals surface area (Å²) in [7, 11) is 0. The first-order valence-electron chi connectivity index (χ1n) is 42.9. The quantitative estimate of drug-likeness (QED) is 0.0391. The molecule has 28 aliphatic rings. The Balaban J connectivity index is 0.626. The maximum Gasteiger partial charge on any atom is 0.241 e. The lowest BCUT2D eigenvalue weighted by Gasteiger charge is -2.59. The van der Waals surface area contributed by atoms with Crippen LogP contribution >= 0.6 is 0 Å². The molecule has 24 aliphatic heterocycles. The van der Waals surface area contributed by atoms with Crippen molar-refractivity contribution < 1.29 is 187 Å². The highest BCUT2D eigenvalue weighted by molar-refractivity contribution is 6.02. The summed E-state index contributed by atoms with van der Waals surface area (Å²) in [5.74, 6) is -2.80. The Morgan fingerprint density at radius 1 is 0.551 bits per heavy atom. The van der Waals surface area contributed by atoms with Crippen molar-refractivity contribution in [1.29, 1.82) is 0 Å². The number of ketones is 2. The highest BCUT2D eigenvalue weighted by Crippen LogP contribution is 2.70. The van der Waals surface area contributed by atoms with Crippen molar-refractivity contribution >= 4 is 35.0 Å². The van der Waals surface area contributed by atoms with E-state index in [1.807, 2.05) is 19.9 Å². The fraction of sp³-hybridized carbons (Fsp3) is 0.723. The Bertz CT molecular complexity index is 4460. The van der Waals surface area contributed by atoms with Gasteiger partial charge in [-0.05, 0) is 67.7 Å². The van der Waals surface area contributed by atoms with Gasteiger partial charge in [0.1, 0.15) is 166 Å². The summed E-state index contributed by atoms with van der Waals surface area (Å²) in [6.45, 7) is -1.61. The Kier molecular flexibility index (Phi) is 28.2. The van der Waals surface area contributed by atoms with E-state index >= 15 is 0 Å². The number of nitrogens with one attached hydrogen (secondary N) is 2. The number of aliphatic hydroxyl groups excluding tert-OH is 18. The Hall–Kier alpha value is -6.51. The molecule has 2 aromatic carbocycles. The molecule has 3 aromatic rings. The molecular formula is C83H112N6O38. The number of carbonyl (C=O) groups is 5. The van der Waals surface area contributed by atoms with E-state index in [4.69, 9.17) is 71.1 Å². The van der Waals surface area contributed by atoms with E-state index in [0.717, 1.165) is 5.57 Å². The molecule has 0 spiro atoms. The van der Waals surface area contributed by atoms with Gasteiger partial charge in [-0.2, -0.15) is 0 Å². The van der Waals surface area contributed by atoms with E-state index in [-0.39, 0.29) is 59.1 Å². The van der Waals surface area contributed by atoms with Crippen LogP contribution in [0.4, 0.5) is 5.69 Å². The molecule has 44 nitrogen and oxygen atoms in total. The molecule has 39 atom stereocenters. The van der Waals surface area contributed by atoms with Gasteiger partial charge in [-0.1, -0.05) is 86.5 Å². The lowest BCUT2D eigenvalue weighted by Crippen LogP contribution is -2.69. The minimum atomic E-state index is -2.33. The van der Waals surface area contributed by atoms with Crippen molar-refractivity contribution in [2.24, 2.45) is 28.6 Å². The second-order valence-corrected chi connectivity index (χ2v) is 35.2. The monoisotopic (exact) mass is 1800 g/mol. The zero-order chi connectivity index (χ0) is 90.3. The standard InChI is InChI=1S/C83H112N6O38/c1-4-9-53-120-49-21-39-37-15-14-34-20-35(95)18-19-81(34,2)54(37)41(96)22-82(39,3)83(49,127-53)48(97)31-113-32-85-51(99)23-84-50(98)16-17-52(100)88-24-33-10-5-6-11-36(33)55-56(38-12-7-8-13-40(38)88)89(87-86-55)25-42-69-57(101)63(107)75(114-42)122-70-43(26-90)116-77(65(109)59(70)103)124-72-45(28-92)118-79(67(111)61(72)105)126-74-47(30-94)119-80(68(112)62(74)106)125-73-46(29-93)117-78(66(110)60(73)104)123-71-44(27-91)115-76(121-69)64(108)58(71)102/h5-8,10-13,18-20,37,39,41-47,49,53-54,57-80,90-94,96,101-112H,4,9,14-17,21-32H2,1-3H3,(H,84,98)(H,85,99)/t37-,39-,41-,42?,43?,44?,45?,46?,47?,49+,53?,54+,57?,58?,59?,60?,61?,62?,63?,64?,65?,66?,67?,68?,69?,70?,71?,72?,73?,74?,75?,76?,77?,78?,79?,80?,81-,82-,83+/m0/s1. The molecule has 0 radical (unpaired) electrons. The van der Waals surface area contributed by atoms with Crippen LogP contribution in [0.25, 0.3) is 22.5 Å². The molecule has 31 rings (SSSR count). The van der Waals surface area contributed by atoms with Gasteiger partial charge in [-0.3, -0.25) is 24.0 Å². The third-order valence-corrected chi connectivity index (χ3v) is 27.8. The second kappa shape index (κ2) is 38.2. The fourth-order valence-electron chi connectivity index (χ4n) is 21.3. The van der Waals surface area contributed by atoms with Crippen LogP contribution in [-0.4, -0.2) is 397 Å². The molecule has 702 valence electrons. The zero-order valence-corrected chi connectivity index (χ0v) is 69.4. The Morgan fingerprint density at radius 2 is 1.02 bits per heavy atom. The maximum absolute atomic E-state index is 15.0. The summed E-state index contributed by atoms with van der Waals surface area (Å²) in [6.07, 6.45) is -56.6. The van der Waals surface area contributed by atoms with Crippen LogP contribution in [0.5, 0.6) is 0 Å². The fourth-order valence-corrected chi connectivity index (χ4v) is 21.3. The van der Waals surface area contributed by atoms with Gasteiger partial charge in [0.05, 0.1) is 76.3 Å². The number of nitrogens with zero attached hydrogens (tertiary/aromatic N) is 4. The van der Waals surface area contributed by atoms with Gasteiger partial charge in [-0.25, -0.2) is 4.68 Å². The molecule has 44 heteroatoms. The molecule has 20 N–H and O–H groups in total. The third kappa shape index (κ3) is 17.1. The zero-order valence-electron chi connectivity index (χ0n) is 69.4. The first-order valence-corrected chi connectivity index (χ1v) is 42.9. The van der Waals surface area contributed by atoms with Gasteiger partial charge in [0.15, 0.2) is 61.2 Å². The van der Waals surface area contributed by atoms with Crippen molar-refractivity contribution in [1.82, 2.24) is 25.6 Å². The summed E-state index contributed by atoms with van der Waals surface area (Å²) >= 11 is 0. The van der Waals surface area contributed by atoms with E-state index in [0.29, 0.717) is 43.2 Å². The molecule has 3 amide bonds. The lowest BCUT2D eigenvalue weighted by atomic mass is 9.46. The molecule has 26 fully saturated rings. The second-order valence-electron chi connectivity index (χ2n) is 35.2. The average molecular weight is 1800 g/mol. The van der Waals surface area contributed by atoms with Gasteiger partial charge in [0.2, 0.25) is 17.7 Å². The molecule has 31 unspecified atom stereocenters. The lowest BCUT2D eigenvalue weighted by molar-refractivity contribution is -0.403. The molecular weight excluding hydrogens is 1690 g/mol. The number of aromatic nitrogens is 3. The van der Waals surface area contributed by atoms with Crippen molar-refractivity contribution in [3.05, 3.63) is 77.9 Å². The SMILES string of the molecule is CCCC1O[C@@H]2C[C@H]3[C@@H]4CCC5=CC(=O)C=C[C@]5(C)[C@H]4[C@@H](O)C[C@]3(C)[C@]2(C(=O)COCNC(=O)CNC(=O)CCC(=O)N2Cc3ccccc3-c3nnn(CC4OC5OC6C(CO)OC(OC7C(CO)OC(OC8C(CO)OC(OC9C(CO)OC(OC%10C(CO)OC(OC4C(O)C5O)C(O)C%10O)C(O)C9O)C(O)C8O)C(O)C7O)C(O)C6O)c3-c3ccccc32)O1. The number of allylic oxidation sites excluding steroid dienone is 4. The normalized spacial score (nSPS) is 44.2. The summed E-state index contributed by atoms with van der Waals surface area (Å²) in [5.41, 5.74) is -0.156. The van der Waals surface area contributed by atoms with E-state index in [2.05, 4.69) is 27.9 Å². The molecule has 23 saturated heterocycles. The number of rotatable bonds is 19. The molecule has 3 saturated carbocycles. The summed E-state index contributed by atoms with van der Waals surface area (Å²) in [6, 6.07) is 13.3. The number of Topliss-reactive ketones (excluding diaryl/α,β-unsaturated/α-hetero) is 1. The van der Waals surface area contributed by atoms with E-state index in [9.17, 15) is 116 Å². The number of aliphatic hydroxyl groups is 18.